The highest BCUT2D eigenvalue weighted by Gasteiger charge is 2.25. The van der Waals surface area contributed by atoms with Gasteiger partial charge in [-0.05, 0) is 37.2 Å². The van der Waals surface area contributed by atoms with E-state index in [1.807, 2.05) is 6.07 Å². The Morgan fingerprint density at radius 1 is 1.11 bits per heavy atom. The van der Waals surface area contributed by atoms with E-state index in [4.69, 9.17) is 11.6 Å². The number of sulfonamides is 1. The standard InChI is InChI=1S/C14H20ClNO2S/c15-10-11-19(17,18)16-14-8-6-13(7-9-14)12-4-2-1-3-5-12/h1-5,13-14,16H,6-11H2. The smallest absolute Gasteiger partial charge is 0.212 e. The molecule has 2 rings (SSSR count). The van der Waals surface area contributed by atoms with Crippen molar-refractivity contribution in [2.75, 3.05) is 11.6 Å². The summed E-state index contributed by atoms with van der Waals surface area (Å²) in [5, 5.41) is 0. The third-order valence-corrected chi connectivity index (χ3v) is 5.54. The summed E-state index contributed by atoms with van der Waals surface area (Å²) in [6.45, 7) is 0. The zero-order valence-electron chi connectivity index (χ0n) is 10.9. The monoisotopic (exact) mass is 301 g/mol. The molecule has 5 heteroatoms. The molecule has 1 aromatic rings. The number of hydrogen-bond acceptors (Lipinski definition) is 2. The fourth-order valence-electron chi connectivity index (χ4n) is 2.68. The van der Waals surface area contributed by atoms with E-state index in [0.29, 0.717) is 5.92 Å². The van der Waals surface area contributed by atoms with Crippen LogP contribution >= 0.6 is 11.6 Å². The van der Waals surface area contributed by atoms with Crippen molar-refractivity contribution >= 4 is 21.6 Å². The molecule has 0 unspecified atom stereocenters. The maximum absolute atomic E-state index is 11.7. The van der Waals surface area contributed by atoms with Crippen molar-refractivity contribution < 1.29 is 8.42 Å². The van der Waals surface area contributed by atoms with Crippen molar-refractivity contribution in [2.24, 2.45) is 0 Å². The van der Waals surface area contributed by atoms with Gasteiger partial charge in [-0.15, -0.1) is 11.6 Å². The summed E-state index contributed by atoms with van der Waals surface area (Å²) in [5.74, 6) is 0.719. The van der Waals surface area contributed by atoms with Gasteiger partial charge >= 0.3 is 0 Å². The molecule has 1 N–H and O–H groups in total. The molecule has 19 heavy (non-hydrogen) atoms. The van der Waals surface area contributed by atoms with Gasteiger partial charge in [0.2, 0.25) is 10.0 Å². The Hall–Kier alpha value is -0.580. The molecule has 106 valence electrons. The third kappa shape index (κ3) is 4.48. The van der Waals surface area contributed by atoms with Gasteiger partial charge in [-0.2, -0.15) is 0 Å². The van der Waals surface area contributed by atoms with Crippen LogP contribution in [0.25, 0.3) is 0 Å². The highest BCUT2D eigenvalue weighted by Crippen LogP contribution is 2.32. The second-order valence-electron chi connectivity index (χ2n) is 5.08. The molecule has 0 saturated heterocycles. The first-order chi connectivity index (χ1) is 9.11. The van der Waals surface area contributed by atoms with Gasteiger partial charge in [0.15, 0.2) is 0 Å². The Morgan fingerprint density at radius 3 is 2.32 bits per heavy atom. The molecule has 1 saturated carbocycles. The molecule has 0 spiro atoms. The molecule has 1 aromatic carbocycles. The van der Waals surface area contributed by atoms with Crippen molar-refractivity contribution in [1.29, 1.82) is 0 Å². The van der Waals surface area contributed by atoms with E-state index in [2.05, 4.69) is 29.0 Å². The Labute approximate surface area is 120 Å². The van der Waals surface area contributed by atoms with Crippen LogP contribution in [0.15, 0.2) is 30.3 Å². The van der Waals surface area contributed by atoms with Crippen LogP contribution in [0.4, 0.5) is 0 Å². The van der Waals surface area contributed by atoms with E-state index in [1.54, 1.807) is 0 Å². The van der Waals surface area contributed by atoms with Crippen LogP contribution in [0.5, 0.6) is 0 Å². The van der Waals surface area contributed by atoms with Crippen molar-refractivity contribution in [3.05, 3.63) is 35.9 Å². The Bertz CT molecular complexity index is 481. The zero-order valence-corrected chi connectivity index (χ0v) is 12.5. The van der Waals surface area contributed by atoms with Crippen LogP contribution in [0.3, 0.4) is 0 Å². The summed E-state index contributed by atoms with van der Waals surface area (Å²) in [6, 6.07) is 10.5. The van der Waals surface area contributed by atoms with Crippen molar-refractivity contribution in [3.8, 4) is 0 Å². The zero-order chi connectivity index (χ0) is 13.7. The molecular formula is C14H20ClNO2S. The summed E-state index contributed by atoms with van der Waals surface area (Å²) >= 11 is 5.49. The summed E-state index contributed by atoms with van der Waals surface area (Å²) < 4.78 is 26.1. The average molecular weight is 302 g/mol. The van der Waals surface area contributed by atoms with E-state index in [-0.39, 0.29) is 17.7 Å². The summed E-state index contributed by atoms with van der Waals surface area (Å²) in [7, 11) is -3.20. The topological polar surface area (TPSA) is 46.2 Å². The highest BCUT2D eigenvalue weighted by atomic mass is 35.5. The minimum Gasteiger partial charge on any atom is -0.212 e. The van der Waals surface area contributed by atoms with E-state index >= 15 is 0 Å². The fourth-order valence-corrected chi connectivity index (χ4v) is 4.36. The molecule has 0 heterocycles. The number of hydrogen-bond donors (Lipinski definition) is 1. The molecule has 0 aliphatic heterocycles. The van der Waals surface area contributed by atoms with Gasteiger partial charge in [0.25, 0.3) is 0 Å². The lowest BCUT2D eigenvalue weighted by atomic mass is 9.82. The average Bonchev–Trinajstić information content (AvgIpc) is 2.40. The molecule has 0 atom stereocenters. The molecule has 3 nitrogen and oxygen atoms in total. The van der Waals surface area contributed by atoms with Crippen LogP contribution in [-0.4, -0.2) is 26.1 Å². The minimum absolute atomic E-state index is 0.00711. The Kier molecular flexibility index (Phi) is 5.25. The van der Waals surface area contributed by atoms with Gasteiger partial charge in [-0.3, -0.25) is 0 Å². The number of alkyl halides is 1. The third-order valence-electron chi connectivity index (χ3n) is 3.69. The first kappa shape index (κ1) is 14.8. The number of nitrogens with one attached hydrogen (secondary N) is 1. The second-order valence-corrected chi connectivity index (χ2v) is 7.34. The van der Waals surface area contributed by atoms with Crippen molar-refractivity contribution in [1.82, 2.24) is 4.72 Å². The van der Waals surface area contributed by atoms with Crippen LogP contribution in [0.1, 0.15) is 37.2 Å². The summed E-state index contributed by atoms with van der Waals surface area (Å²) in [6.07, 6.45) is 3.89. The molecule has 1 aliphatic carbocycles. The normalized spacial score (nSPS) is 24.3. The molecule has 0 radical (unpaired) electrons. The van der Waals surface area contributed by atoms with Gasteiger partial charge in [0.1, 0.15) is 0 Å². The first-order valence-corrected chi connectivity index (χ1v) is 8.90. The minimum atomic E-state index is -3.20. The maximum atomic E-state index is 11.7. The quantitative estimate of drug-likeness (QED) is 0.850. The predicted molar refractivity (Wildman–Crippen MR) is 79.1 cm³/mol. The van der Waals surface area contributed by atoms with Gasteiger partial charge in [0, 0.05) is 11.9 Å². The highest BCUT2D eigenvalue weighted by molar-refractivity contribution is 7.89. The Balaban J connectivity index is 1.86. The molecule has 0 aromatic heterocycles. The first-order valence-electron chi connectivity index (χ1n) is 6.71. The van der Waals surface area contributed by atoms with Gasteiger partial charge in [0.05, 0.1) is 5.75 Å². The van der Waals surface area contributed by atoms with Gasteiger partial charge < -0.3 is 0 Å². The molecule has 0 bridgehead atoms. The van der Waals surface area contributed by atoms with E-state index in [0.717, 1.165) is 25.7 Å². The lowest BCUT2D eigenvalue weighted by Gasteiger charge is -2.29. The van der Waals surface area contributed by atoms with Crippen LogP contribution in [0.2, 0.25) is 0 Å². The van der Waals surface area contributed by atoms with E-state index < -0.39 is 10.0 Å². The fraction of sp³-hybridized carbons (Fsp3) is 0.571. The lowest BCUT2D eigenvalue weighted by Crippen LogP contribution is -2.38. The van der Waals surface area contributed by atoms with Crippen LogP contribution in [-0.2, 0) is 10.0 Å². The van der Waals surface area contributed by atoms with Gasteiger partial charge in [-0.1, -0.05) is 30.3 Å². The van der Waals surface area contributed by atoms with Gasteiger partial charge in [-0.25, -0.2) is 13.1 Å². The summed E-state index contributed by atoms with van der Waals surface area (Å²) in [4.78, 5) is 0. The van der Waals surface area contributed by atoms with E-state index in [1.165, 1.54) is 5.56 Å². The largest absolute Gasteiger partial charge is 0.213 e. The Morgan fingerprint density at radius 2 is 1.74 bits per heavy atom. The van der Waals surface area contributed by atoms with Crippen LogP contribution < -0.4 is 4.72 Å². The van der Waals surface area contributed by atoms with E-state index in [9.17, 15) is 8.42 Å². The predicted octanol–water partition coefficient (Wildman–Crippen LogP) is 2.87. The maximum Gasteiger partial charge on any atom is 0.213 e. The van der Waals surface area contributed by atoms with Crippen molar-refractivity contribution in [2.45, 2.75) is 37.6 Å². The number of halogens is 1. The molecule has 1 aliphatic rings. The summed E-state index contributed by atoms with van der Waals surface area (Å²) in [5.41, 5.74) is 1.37. The van der Waals surface area contributed by atoms with Crippen LogP contribution in [0, 0.1) is 0 Å². The number of rotatable bonds is 5. The second kappa shape index (κ2) is 6.73. The van der Waals surface area contributed by atoms with Crippen molar-refractivity contribution in [3.63, 3.8) is 0 Å². The lowest BCUT2D eigenvalue weighted by molar-refractivity contribution is 0.374. The number of benzene rings is 1. The molecular weight excluding hydrogens is 282 g/mol. The molecule has 1 fully saturated rings. The molecule has 0 amide bonds. The SMILES string of the molecule is O=S(=O)(CCCl)NC1CCC(c2ccccc2)CC1.